The van der Waals surface area contributed by atoms with E-state index in [1.807, 2.05) is 48.7 Å². The average Bonchev–Trinajstić information content (AvgIpc) is 2.47. The minimum absolute atomic E-state index is 1.01. The van der Waals surface area contributed by atoms with Gasteiger partial charge in [0, 0.05) is 11.8 Å². The van der Waals surface area contributed by atoms with E-state index < -0.39 is 0 Å². The van der Waals surface area contributed by atoms with Gasteiger partial charge >= 0.3 is 0 Å². The Hall–Kier alpha value is -1.76. The number of allylic oxidation sites excluding steroid dienone is 4. The Labute approximate surface area is 78.1 Å². The summed E-state index contributed by atoms with van der Waals surface area (Å²) in [7, 11) is 0. The molecule has 1 radical (unpaired) electrons. The second-order valence-corrected chi connectivity index (χ2v) is 2.77. The van der Waals surface area contributed by atoms with Crippen molar-refractivity contribution in [1.82, 2.24) is 5.32 Å². The van der Waals surface area contributed by atoms with E-state index in [9.17, 15) is 0 Å². The van der Waals surface area contributed by atoms with Gasteiger partial charge < -0.3 is 0 Å². The second-order valence-electron chi connectivity index (χ2n) is 2.77. The minimum Gasteiger partial charge on any atom is -0.256 e. The maximum atomic E-state index is 4.31. The molecule has 1 heterocycles. The van der Waals surface area contributed by atoms with Crippen molar-refractivity contribution in [2.45, 2.75) is 0 Å². The van der Waals surface area contributed by atoms with Crippen LogP contribution in [0.5, 0.6) is 0 Å². The maximum absolute atomic E-state index is 4.31. The fourth-order valence-electron chi connectivity index (χ4n) is 1.21. The van der Waals surface area contributed by atoms with Crippen molar-refractivity contribution in [3.63, 3.8) is 0 Å². The van der Waals surface area contributed by atoms with Crippen molar-refractivity contribution in [1.29, 1.82) is 0 Å². The monoisotopic (exact) mass is 168 g/mol. The number of benzene rings is 1. The van der Waals surface area contributed by atoms with Crippen LogP contribution < -0.4 is 5.32 Å². The van der Waals surface area contributed by atoms with E-state index in [2.05, 4.69) is 17.4 Å². The maximum Gasteiger partial charge on any atom is 0.0701 e. The Balaban J connectivity index is 2.32. The first kappa shape index (κ1) is 7.87. The van der Waals surface area contributed by atoms with Gasteiger partial charge in [0.25, 0.3) is 0 Å². The normalized spacial score (nSPS) is 14.6. The molecular formula is C12H10N. The molecule has 1 aromatic rings. The molecule has 0 saturated carbocycles. The predicted octanol–water partition coefficient (Wildman–Crippen LogP) is 2.72. The minimum atomic E-state index is 1.01. The summed E-state index contributed by atoms with van der Waals surface area (Å²) < 4.78 is 0. The van der Waals surface area contributed by atoms with E-state index in [-0.39, 0.29) is 0 Å². The standard InChI is InChI=1S/C12H10N/c1-3-7-11(8-4-1)12-9-5-2-6-10-13-12/h1-10H. The zero-order valence-corrected chi connectivity index (χ0v) is 7.22. The van der Waals surface area contributed by atoms with Crippen molar-refractivity contribution >= 4 is 5.70 Å². The number of hydrogen-bond acceptors (Lipinski definition) is 0. The topological polar surface area (TPSA) is 14.1 Å². The molecule has 0 unspecified atom stereocenters. The molecule has 1 aliphatic rings. The molecule has 0 spiro atoms. The fourth-order valence-corrected chi connectivity index (χ4v) is 1.21. The van der Waals surface area contributed by atoms with Gasteiger partial charge in [-0.1, -0.05) is 42.5 Å². The predicted molar refractivity (Wildman–Crippen MR) is 54.8 cm³/mol. The van der Waals surface area contributed by atoms with Crippen LogP contribution in [0.15, 0.2) is 60.8 Å². The summed E-state index contributed by atoms with van der Waals surface area (Å²) in [5.74, 6) is 0. The van der Waals surface area contributed by atoms with Gasteiger partial charge in [0.05, 0.1) is 5.70 Å². The Morgan fingerprint density at radius 2 is 1.69 bits per heavy atom. The van der Waals surface area contributed by atoms with Crippen molar-refractivity contribution in [3.8, 4) is 0 Å². The lowest BCUT2D eigenvalue weighted by atomic mass is 10.1. The van der Waals surface area contributed by atoms with Crippen LogP contribution in [0.2, 0.25) is 0 Å². The molecule has 0 bridgehead atoms. The number of rotatable bonds is 1. The third-order valence-electron chi connectivity index (χ3n) is 1.85. The van der Waals surface area contributed by atoms with Gasteiger partial charge in [0.1, 0.15) is 0 Å². The van der Waals surface area contributed by atoms with Gasteiger partial charge in [-0.3, -0.25) is 5.32 Å². The highest BCUT2D eigenvalue weighted by Crippen LogP contribution is 2.13. The van der Waals surface area contributed by atoms with Crippen molar-refractivity contribution < 1.29 is 0 Å². The summed E-state index contributed by atoms with van der Waals surface area (Å²) in [4.78, 5) is 0. The zero-order valence-electron chi connectivity index (χ0n) is 7.22. The Morgan fingerprint density at radius 3 is 2.54 bits per heavy atom. The van der Waals surface area contributed by atoms with E-state index in [1.54, 1.807) is 0 Å². The van der Waals surface area contributed by atoms with E-state index >= 15 is 0 Å². The smallest absolute Gasteiger partial charge is 0.0701 e. The molecule has 0 fully saturated rings. The van der Waals surface area contributed by atoms with E-state index in [0.717, 1.165) is 11.3 Å². The van der Waals surface area contributed by atoms with Gasteiger partial charge in [0.15, 0.2) is 0 Å². The molecule has 0 saturated heterocycles. The lowest BCUT2D eigenvalue weighted by Crippen LogP contribution is -1.93. The Morgan fingerprint density at radius 1 is 0.846 bits per heavy atom. The molecule has 1 heteroatoms. The van der Waals surface area contributed by atoms with Crippen LogP contribution in [-0.4, -0.2) is 0 Å². The summed E-state index contributed by atoms with van der Waals surface area (Å²) in [5, 5.41) is 4.31. The lowest BCUT2D eigenvalue weighted by Gasteiger charge is -2.02. The van der Waals surface area contributed by atoms with Crippen LogP contribution in [0.4, 0.5) is 0 Å². The first-order valence-electron chi connectivity index (χ1n) is 4.26. The fraction of sp³-hybridized carbons (Fsp3) is 0. The summed E-state index contributed by atoms with van der Waals surface area (Å²) in [6, 6.07) is 10.2. The first-order valence-corrected chi connectivity index (χ1v) is 4.26. The van der Waals surface area contributed by atoms with Crippen molar-refractivity contribution in [3.05, 3.63) is 66.4 Å². The van der Waals surface area contributed by atoms with Gasteiger partial charge in [0.2, 0.25) is 0 Å². The van der Waals surface area contributed by atoms with E-state index in [0.29, 0.717) is 0 Å². The highest BCUT2D eigenvalue weighted by atomic mass is 14.8. The molecule has 13 heavy (non-hydrogen) atoms. The lowest BCUT2D eigenvalue weighted by molar-refractivity contribution is 1.20. The molecule has 0 aliphatic carbocycles. The van der Waals surface area contributed by atoms with Gasteiger partial charge in [-0.15, -0.1) is 0 Å². The van der Waals surface area contributed by atoms with Crippen LogP contribution in [0, 0.1) is 0 Å². The van der Waals surface area contributed by atoms with Crippen LogP contribution in [-0.2, 0) is 0 Å². The highest BCUT2D eigenvalue weighted by molar-refractivity contribution is 5.66. The summed E-state index contributed by atoms with van der Waals surface area (Å²) in [6.45, 7) is 0. The molecular weight excluding hydrogens is 158 g/mol. The number of nitrogens with zero attached hydrogens (tertiary/aromatic N) is 1. The molecule has 1 aliphatic heterocycles. The van der Waals surface area contributed by atoms with Crippen LogP contribution in [0.3, 0.4) is 0 Å². The van der Waals surface area contributed by atoms with Crippen LogP contribution in [0.25, 0.3) is 5.70 Å². The SMILES string of the molecule is C1=CC=C(c2ccccc2)[N]C=C1. The average molecular weight is 168 g/mol. The van der Waals surface area contributed by atoms with Gasteiger partial charge in [-0.05, 0) is 12.2 Å². The van der Waals surface area contributed by atoms with E-state index in [4.69, 9.17) is 0 Å². The summed E-state index contributed by atoms with van der Waals surface area (Å²) in [6.07, 6.45) is 9.71. The molecule has 2 rings (SSSR count). The Kier molecular flexibility index (Phi) is 2.28. The molecule has 1 aromatic carbocycles. The molecule has 1 nitrogen and oxygen atoms in total. The molecule has 0 aromatic heterocycles. The molecule has 0 atom stereocenters. The quantitative estimate of drug-likeness (QED) is 0.612. The first-order chi connectivity index (χ1) is 6.47. The molecule has 0 N–H and O–H groups in total. The third kappa shape index (κ3) is 1.88. The third-order valence-corrected chi connectivity index (χ3v) is 1.85. The van der Waals surface area contributed by atoms with Crippen molar-refractivity contribution in [2.24, 2.45) is 0 Å². The van der Waals surface area contributed by atoms with Crippen LogP contribution >= 0.6 is 0 Å². The Bertz CT molecular complexity index is 358. The number of hydrogen-bond donors (Lipinski definition) is 0. The molecule has 63 valence electrons. The van der Waals surface area contributed by atoms with Gasteiger partial charge in [-0.25, -0.2) is 0 Å². The zero-order chi connectivity index (χ0) is 8.93. The summed E-state index contributed by atoms with van der Waals surface area (Å²) >= 11 is 0. The van der Waals surface area contributed by atoms with Crippen molar-refractivity contribution in [2.75, 3.05) is 0 Å². The second kappa shape index (κ2) is 3.76. The van der Waals surface area contributed by atoms with Gasteiger partial charge in [-0.2, -0.15) is 0 Å². The molecule has 0 amide bonds. The largest absolute Gasteiger partial charge is 0.256 e. The summed E-state index contributed by atoms with van der Waals surface area (Å²) in [5.41, 5.74) is 2.16. The highest BCUT2D eigenvalue weighted by Gasteiger charge is 1.98. The van der Waals surface area contributed by atoms with Crippen LogP contribution in [0.1, 0.15) is 5.56 Å². The van der Waals surface area contributed by atoms with E-state index in [1.165, 1.54) is 0 Å².